The summed E-state index contributed by atoms with van der Waals surface area (Å²) in [7, 11) is 1.44. The summed E-state index contributed by atoms with van der Waals surface area (Å²) in [5, 5.41) is 19.0. The zero-order valence-electron chi connectivity index (χ0n) is 11.9. The molecule has 0 saturated carbocycles. The molecular weight excluding hydrogens is 264 g/mol. The molecule has 1 aromatic heterocycles. The highest BCUT2D eigenvalue weighted by molar-refractivity contribution is 5.86. The number of methoxy groups -OCH3 is 1. The lowest BCUT2D eigenvalue weighted by Gasteiger charge is -2.08. The maximum Gasteiger partial charge on any atom is 0.358 e. The Morgan fingerprint density at radius 2 is 2.15 bits per heavy atom. The summed E-state index contributed by atoms with van der Waals surface area (Å²) < 4.78 is 6.16. The molecule has 0 spiro atoms. The molecule has 0 aromatic carbocycles. The molecule has 112 valence electrons. The van der Waals surface area contributed by atoms with Crippen LogP contribution in [0.4, 0.5) is 0 Å². The van der Waals surface area contributed by atoms with Gasteiger partial charge in [-0.15, -0.1) is 5.10 Å². The number of carbonyl (C=O) groups excluding carboxylic acids is 1. The molecule has 1 amide bonds. The number of ether oxygens (including phenoxy) is 1. The second kappa shape index (κ2) is 7.59. The third-order valence-electron chi connectivity index (χ3n) is 2.66. The molecule has 0 radical (unpaired) electrons. The first-order valence-corrected chi connectivity index (χ1v) is 6.37. The van der Waals surface area contributed by atoms with Gasteiger partial charge in [0, 0.05) is 13.7 Å². The summed E-state index contributed by atoms with van der Waals surface area (Å²) in [4.78, 5) is 22.7. The SMILES string of the molecule is COCc1c(C(=O)O)nnn1CC(=O)NCCC(C)C. The molecule has 0 fully saturated rings. The van der Waals surface area contributed by atoms with E-state index in [-0.39, 0.29) is 30.4 Å². The Morgan fingerprint density at radius 1 is 1.45 bits per heavy atom. The van der Waals surface area contributed by atoms with E-state index in [1.54, 1.807) is 0 Å². The molecule has 0 bridgehead atoms. The maximum absolute atomic E-state index is 11.7. The van der Waals surface area contributed by atoms with Crippen LogP contribution in [0.25, 0.3) is 0 Å². The Balaban J connectivity index is 2.67. The molecular formula is C12H20N4O4. The van der Waals surface area contributed by atoms with Gasteiger partial charge in [-0.1, -0.05) is 19.1 Å². The minimum atomic E-state index is -1.19. The van der Waals surface area contributed by atoms with E-state index in [0.717, 1.165) is 6.42 Å². The number of aromatic carboxylic acids is 1. The highest BCUT2D eigenvalue weighted by Crippen LogP contribution is 2.07. The van der Waals surface area contributed by atoms with Crippen LogP contribution in [0, 0.1) is 5.92 Å². The molecule has 1 rings (SSSR count). The van der Waals surface area contributed by atoms with E-state index in [4.69, 9.17) is 9.84 Å². The number of hydrogen-bond donors (Lipinski definition) is 2. The Bertz CT molecular complexity index is 470. The number of hydrogen-bond acceptors (Lipinski definition) is 5. The van der Waals surface area contributed by atoms with Crippen molar-refractivity contribution in [2.45, 2.75) is 33.4 Å². The topological polar surface area (TPSA) is 106 Å². The van der Waals surface area contributed by atoms with Crippen molar-refractivity contribution in [1.82, 2.24) is 20.3 Å². The standard InChI is InChI=1S/C12H20N4O4/c1-8(2)4-5-13-10(17)6-16-9(7-20-3)11(12(18)19)14-15-16/h8H,4-7H2,1-3H3,(H,13,17)(H,18,19). The monoisotopic (exact) mass is 284 g/mol. The summed E-state index contributed by atoms with van der Waals surface area (Å²) in [6, 6.07) is 0. The van der Waals surface area contributed by atoms with Crippen LogP contribution in [0.15, 0.2) is 0 Å². The number of amides is 1. The highest BCUT2D eigenvalue weighted by Gasteiger charge is 2.20. The van der Waals surface area contributed by atoms with Crippen molar-refractivity contribution < 1.29 is 19.4 Å². The Labute approximate surface area is 117 Å². The van der Waals surface area contributed by atoms with Gasteiger partial charge >= 0.3 is 5.97 Å². The Hall–Kier alpha value is -1.96. The molecule has 0 aliphatic heterocycles. The number of aromatic nitrogens is 3. The van der Waals surface area contributed by atoms with E-state index < -0.39 is 5.97 Å². The van der Waals surface area contributed by atoms with Crippen molar-refractivity contribution in [3.63, 3.8) is 0 Å². The maximum atomic E-state index is 11.7. The fraction of sp³-hybridized carbons (Fsp3) is 0.667. The lowest BCUT2D eigenvalue weighted by Crippen LogP contribution is -2.30. The molecule has 8 heteroatoms. The molecule has 1 aromatic rings. The van der Waals surface area contributed by atoms with Crippen LogP contribution < -0.4 is 5.32 Å². The minimum absolute atomic E-state index is 0.0356. The number of carboxylic acid groups (broad SMARTS) is 1. The van der Waals surface area contributed by atoms with Crippen LogP contribution in [0.1, 0.15) is 36.5 Å². The highest BCUT2D eigenvalue weighted by atomic mass is 16.5. The lowest BCUT2D eigenvalue weighted by atomic mass is 10.1. The van der Waals surface area contributed by atoms with Gasteiger partial charge < -0.3 is 15.2 Å². The molecule has 20 heavy (non-hydrogen) atoms. The normalized spacial score (nSPS) is 10.8. The van der Waals surface area contributed by atoms with Crippen molar-refractivity contribution in [3.05, 3.63) is 11.4 Å². The van der Waals surface area contributed by atoms with E-state index in [9.17, 15) is 9.59 Å². The van der Waals surface area contributed by atoms with Gasteiger partial charge in [0.25, 0.3) is 0 Å². The zero-order valence-corrected chi connectivity index (χ0v) is 11.9. The summed E-state index contributed by atoms with van der Waals surface area (Å²) in [5.74, 6) is -0.919. The largest absolute Gasteiger partial charge is 0.476 e. The second-order valence-electron chi connectivity index (χ2n) is 4.81. The number of rotatable bonds is 8. The van der Waals surface area contributed by atoms with Gasteiger partial charge in [-0.2, -0.15) is 0 Å². The molecule has 0 aliphatic rings. The van der Waals surface area contributed by atoms with Crippen molar-refractivity contribution in [2.24, 2.45) is 5.92 Å². The van der Waals surface area contributed by atoms with Crippen LogP contribution in [0.3, 0.4) is 0 Å². The fourth-order valence-corrected chi connectivity index (χ4v) is 1.60. The molecule has 8 nitrogen and oxygen atoms in total. The Morgan fingerprint density at radius 3 is 2.70 bits per heavy atom. The van der Waals surface area contributed by atoms with E-state index >= 15 is 0 Å². The summed E-state index contributed by atoms with van der Waals surface area (Å²) in [5.41, 5.74) is 0.0841. The van der Waals surface area contributed by atoms with Gasteiger partial charge in [-0.05, 0) is 12.3 Å². The molecule has 0 saturated heterocycles. The predicted octanol–water partition coefficient (Wildman–Crippen LogP) is 0.285. The molecule has 0 aliphatic carbocycles. The zero-order chi connectivity index (χ0) is 15.1. The third kappa shape index (κ3) is 4.61. The smallest absolute Gasteiger partial charge is 0.358 e. The van der Waals surface area contributed by atoms with Gasteiger partial charge in [0.2, 0.25) is 5.91 Å². The first kappa shape index (κ1) is 16.1. The van der Waals surface area contributed by atoms with Crippen molar-refractivity contribution in [2.75, 3.05) is 13.7 Å². The predicted molar refractivity (Wildman–Crippen MR) is 70.2 cm³/mol. The fourth-order valence-electron chi connectivity index (χ4n) is 1.60. The minimum Gasteiger partial charge on any atom is -0.476 e. The average molecular weight is 284 g/mol. The van der Waals surface area contributed by atoms with E-state index in [1.165, 1.54) is 11.8 Å². The van der Waals surface area contributed by atoms with Crippen LogP contribution in [-0.4, -0.2) is 45.6 Å². The third-order valence-corrected chi connectivity index (χ3v) is 2.66. The number of nitrogens with one attached hydrogen (secondary N) is 1. The first-order valence-electron chi connectivity index (χ1n) is 6.37. The van der Waals surface area contributed by atoms with Gasteiger partial charge in [0.1, 0.15) is 6.54 Å². The Kier molecular flexibility index (Phi) is 6.10. The first-order chi connectivity index (χ1) is 9.45. The number of nitrogens with zero attached hydrogens (tertiary/aromatic N) is 3. The average Bonchev–Trinajstić information content (AvgIpc) is 2.72. The van der Waals surface area contributed by atoms with E-state index in [2.05, 4.69) is 29.5 Å². The molecule has 0 atom stereocenters. The van der Waals surface area contributed by atoms with Gasteiger partial charge in [-0.25, -0.2) is 9.48 Å². The van der Waals surface area contributed by atoms with Gasteiger partial charge in [-0.3, -0.25) is 4.79 Å². The lowest BCUT2D eigenvalue weighted by molar-refractivity contribution is -0.121. The summed E-state index contributed by atoms with van der Waals surface area (Å²) in [6.07, 6.45) is 0.883. The molecule has 2 N–H and O–H groups in total. The number of carbonyl (C=O) groups is 2. The van der Waals surface area contributed by atoms with E-state index in [0.29, 0.717) is 12.5 Å². The van der Waals surface area contributed by atoms with Crippen molar-refractivity contribution in [3.8, 4) is 0 Å². The molecule has 1 heterocycles. The van der Waals surface area contributed by atoms with Crippen LogP contribution in [-0.2, 0) is 22.7 Å². The molecule has 0 unspecified atom stereocenters. The summed E-state index contributed by atoms with van der Waals surface area (Å²) >= 11 is 0. The van der Waals surface area contributed by atoms with E-state index in [1.807, 2.05) is 0 Å². The van der Waals surface area contributed by atoms with Crippen LogP contribution in [0.2, 0.25) is 0 Å². The van der Waals surface area contributed by atoms with Crippen LogP contribution in [0.5, 0.6) is 0 Å². The second-order valence-corrected chi connectivity index (χ2v) is 4.81. The summed E-state index contributed by atoms with van der Waals surface area (Å²) in [6.45, 7) is 4.68. The van der Waals surface area contributed by atoms with Gasteiger partial charge in [0.05, 0.1) is 12.3 Å². The van der Waals surface area contributed by atoms with Crippen molar-refractivity contribution in [1.29, 1.82) is 0 Å². The van der Waals surface area contributed by atoms with Gasteiger partial charge in [0.15, 0.2) is 5.69 Å². The number of carboxylic acids is 1. The quantitative estimate of drug-likeness (QED) is 0.710. The van der Waals surface area contributed by atoms with Crippen LogP contribution >= 0.6 is 0 Å². The van der Waals surface area contributed by atoms with Crippen molar-refractivity contribution >= 4 is 11.9 Å².